The van der Waals surface area contributed by atoms with Crippen LogP contribution < -0.4 is 4.74 Å². The van der Waals surface area contributed by atoms with Crippen LogP contribution in [0, 0.1) is 5.82 Å². The molecule has 0 saturated carbocycles. The van der Waals surface area contributed by atoms with Gasteiger partial charge in [0, 0.05) is 32.7 Å². The molecule has 1 amide bonds. The average molecular weight is 348 g/mol. The van der Waals surface area contributed by atoms with Crippen molar-refractivity contribution in [1.82, 2.24) is 9.80 Å². The summed E-state index contributed by atoms with van der Waals surface area (Å²) < 4.78 is 23.4. The zero-order chi connectivity index (χ0) is 17.6. The number of β-amino-alcohol motifs (C(OH)–C–C–N with tert-alkyl or cyclic N) is 1. The van der Waals surface area contributed by atoms with Crippen LogP contribution in [0.2, 0.25) is 0 Å². The molecule has 0 spiro atoms. The van der Waals surface area contributed by atoms with Crippen molar-refractivity contribution in [3.63, 3.8) is 0 Å². The van der Waals surface area contributed by atoms with Crippen LogP contribution in [0.4, 0.5) is 4.39 Å². The van der Waals surface area contributed by atoms with E-state index in [-0.39, 0.29) is 18.3 Å². The topological polar surface area (TPSA) is 66.2 Å². The second-order valence-corrected chi connectivity index (χ2v) is 5.99. The van der Waals surface area contributed by atoms with Crippen molar-refractivity contribution < 1.29 is 23.4 Å². The summed E-state index contributed by atoms with van der Waals surface area (Å²) in [5.41, 5.74) is 0. The summed E-state index contributed by atoms with van der Waals surface area (Å²) in [7, 11) is 0. The van der Waals surface area contributed by atoms with Gasteiger partial charge < -0.3 is 19.2 Å². The third kappa shape index (κ3) is 4.80. The quantitative estimate of drug-likeness (QED) is 0.859. The fraction of sp³-hybridized carbons (Fsp3) is 0.389. The standard InChI is InChI=1S/C18H21FN2O4/c19-14-3-5-16(6-4-14)25-13-15(22)12-20-7-9-21(10-8-20)18(23)17-2-1-11-24-17/h1-6,11,15,22H,7-10,12-13H2. The van der Waals surface area contributed by atoms with Crippen molar-refractivity contribution in [2.24, 2.45) is 0 Å². The van der Waals surface area contributed by atoms with E-state index in [1.807, 2.05) is 0 Å². The van der Waals surface area contributed by atoms with Crippen molar-refractivity contribution in [2.45, 2.75) is 6.10 Å². The number of rotatable bonds is 6. The van der Waals surface area contributed by atoms with Crippen LogP contribution in [-0.2, 0) is 0 Å². The maximum absolute atomic E-state index is 12.8. The molecule has 1 saturated heterocycles. The van der Waals surface area contributed by atoms with Crippen LogP contribution in [0.15, 0.2) is 47.1 Å². The maximum atomic E-state index is 12.8. The first kappa shape index (κ1) is 17.4. The van der Waals surface area contributed by atoms with Gasteiger partial charge in [0.05, 0.1) is 6.26 Å². The molecular formula is C18H21FN2O4. The van der Waals surface area contributed by atoms with Crippen molar-refractivity contribution >= 4 is 5.91 Å². The van der Waals surface area contributed by atoms with Gasteiger partial charge in [-0.1, -0.05) is 0 Å². The summed E-state index contributed by atoms with van der Waals surface area (Å²) in [6.07, 6.45) is 0.832. The summed E-state index contributed by atoms with van der Waals surface area (Å²) in [4.78, 5) is 16.0. The number of furan rings is 1. The van der Waals surface area contributed by atoms with Gasteiger partial charge in [-0.15, -0.1) is 0 Å². The fourth-order valence-electron chi connectivity index (χ4n) is 2.76. The maximum Gasteiger partial charge on any atom is 0.289 e. The molecule has 1 aromatic carbocycles. The van der Waals surface area contributed by atoms with E-state index in [4.69, 9.17) is 9.15 Å². The van der Waals surface area contributed by atoms with Gasteiger partial charge in [-0.05, 0) is 36.4 Å². The zero-order valence-electron chi connectivity index (χ0n) is 13.8. The largest absolute Gasteiger partial charge is 0.491 e. The van der Waals surface area contributed by atoms with Crippen LogP contribution >= 0.6 is 0 Å². The van der Waals surface area contributed by atoms with Crippen molar-refractivity contribution in [3.05, 3.63) is 54.2 Å². The molecule has 1 fully saturated rings. The van der Waals surface area contributed by atoms with E-state index in [1.54, 1.807) is 17.0 Å². The first-order chi connectivity index (χ1) is 12.1. The van der Waals surface area contributed by atoms with Crippen LogP contribution in [0.1, 0.15) is 10.6 Å². The van der Waals surface area contributed by atoms with Crippen LogP contribution in [-0.4, -0.2) is 66.2 Å². The van der Waals surface area contributed by atoms with E-state index in [0.717, 1.165) is 0 Å². The molecule has 1 unspecified atom stereocenters. The molecule has 7 heteroatoms. The number of carbonyl (C=O) groups excluding carboxylic acids is 1. The number of amides is 1. The smallest absolute Gasteiger partial charge is 0.289 e. The van der Waals surface area contributed by atoms with E-state index >= 15 is 0 Å². The van der Waals surface area contributed by atoms with Crippen molar-refractivity contribution in [1.29, 1.82) is 0 Å². The van der Waals surface area contributed by atoms with Crippen LogP contribution in [0.25, 0.3) is 0 Å². The van der Waals surface area contributed by atoms with Crippen LogP contribution in [0.5, 0.6) is 5.75 Å². The van der Waals surface area contributed by atoms with Gasteiger partial charge in [-0.25, -0.2) is 4.39 Å². The summed E-state index contributed by atoms with van der Waals surface area (Å²) in [6.45, 7) is 3.14. The number of aliphatic hydroxyl groups excluding tert-OH is 1. The van der Waals surface area contributed by atoms with Gasteiger partial charge in [-0.2, -0.15) is 0 Å². The van der Waals surface area contributed by atoms with Crippen LogP contribution in [0.3, 0.4) is 0 Å². The third-order valence-electron chi connectivity index (χ3n) is 4.12. The van der Waals surface area contributed by atoms with Crippen molar-refractivity contribution in [3.8, 4) is 5.75 Å². The molecule has 0 bridgehead atoms. The second-order valence-electron chi connectivity index (χ2n) is 5.99. The Hall–Kier alpha value is -2.38. The van der Waals surface area contributed by atoms with Crippen molar-refractivity contribution in [2.75, 3.05) is 39.3 Å². The molecule has 2 heterocycles. The monoisotopic (exact) mass is 348 g/mol. The predicted octanol–water partition coefficient (Wildman–Crippen LogP) is 1.62. The highest BCUT2D eigenvalue weighted by atomic mass is 19.1. The molecule has 1 aliphatic heterocycles. The molecule has 1 aliphatic rings. The third-order valence-corrected chi connectivity index (χ3v) is 4.12. The summed E-state index contributed by atoms with van der Waals surface area (Å²) >= 11 is 0. The summed E-state index contributed by atoms with van der Waals surface area (Å²) in [6, 6.07) is 9.04. The minimum atomic E-state index is -0.655. The van der Waals surface area contributed by atoms with Gasteiger partial charge in [0.1, 0.15) is 24.3 Å². The second kappa shape index (κ2) is 8.13. The molecule has 134 valence electrons. The normalized spacial score (nSPS) is 16.6. The lowest BCUT2D eigenvalue weighted by Crippen LogP contribution is -2.50. The number of ether oxygens (including phenoxy) is 1. The minimum absolute atomic E-state index is 0.107. The first-order valence-corrected chi connectivity index (χ1v) is 8.23. The molecule has 25 heavy (non-hydrogen) atoms. The molecule has 1 atom stereocenters. The molecular weight excluding hydrogens is 327 g/mol. The Morgan fingerprint density at radius 2 is 1.92 bits per heavy atom. The van der Waals surface area contributed by atoms with Gasteiger partial charge in [0.15, 0.2) is 5.76 Å². The summed E-state index contributed by atoms with van der Waals surface area (Å²) in [5, 5.41) is 10.1. The SMILES string of the molecule is O=C(c1ccco1)N1CCN(CC(O)COc2ccc(F)cc2)CC1. The van der Waals surface area contributed by atoms with Gasteiger partial charge in [0.2, 0.25) is 0 Å². The Balaban J connectivity index is 1.39. The van der Waals surface area contributed by atoms with E-state index in [2.05, 4.69) is 4.90 Å². The molecule has 2 aromatic rings. The molecule has 0 radical (unpaired) electrons. The Morgan fingerprint density at radius 3 is 2.56 bits per heavy atom. The molecule has 0 aliphatic carbocycles. The van der Waals surface area contributed by atoms with Gasteiger partial charge in [0.25, 0.3) is 5.91 Å². The molecule has 1 aromatic heterocycles. The van der Waals surface area contributed by atoms with E-state index in [1.165, 1.54) is 30.5 Å². The number of nitrogens with zero attached hydrogens (tertiary/aromatic N) is 2. The minimum Gasteiger partial charge on any atom is -0.491 e. The number of hydrogen-bond acceptors (Lipinski definition) is 5. The highest BCUT2D eigenvalue weighted by molar-refractivity contribution is 5.91. The lowest BCUT2D eigenvalue weighted by atomic mass is 10.2. The highest BCUT2D eigenvalue weighted by Crippen LogP contribution is 2.12. The zero-order valence-corrected chi connectivity index (χ0v) is 13.8. The van der Waals surface area contributed by atoms with E-state index in [0.29, 0.717) is 44.2 Å². The number of halogens is 1. The molecule has 6 nitrogen and oxygen atoms in total. The number of aliphatic hydroxyl groups is 1. The Morgan fingerprint density at radius 1 is 1.20 bits per heavy atom. The van der Waals surface area contributed by atoms with E-state index in [9.17, 15) is 14.3 Å². The number of piperazine rings is 1. The number of carbonyl (C=O) groups is 1. The molecule has 3 rings (SSSR count). The highest BCUT2D eigenvalue weighted by Gasteiger charge is 2.24. The lowest BCUT2D eigenvalue weighted by Gasteiger charge is -2.35. The predicted molar refractivity (Wildman–Crippen MR) is 89.0 cm³/mol. The Kier molecular flexibility index (Phi) is 5.67. The lowest BCUT2D eigenvalue weighted by molar-refractivity contribution is 0.0389. The average Bonchev–Trinajstić information content (AvgIpc) is 3.16. The Labute approximate surface area is 145 Å². The number of benzene rings is 1. The van der Waals surface area contributed by atoms with E-state index < -0.39 is 6.10 Å². The van der Waals surface area contributed by atoms with Gasteiger partial charge >= 0.3 is 0 Å². The Bertz CT molecular complexity index is 667. The van der Waals surface area contributed by atoms with Gasteiger partial charge in [-0.3, -0.25) is 9.69 Å². The first-order valence-electron chi connectivity index (χ1n) is 8.23. The fourth-order valence-corrected chi connectivity index (χ4v) is 2.76. The molecule has 1 N–H and O–H groups in total. The summed E-state index contributed by atoms with van der Waals surface area (Å²) in [5.74, 6) is 0.440. The number of hydrogen-bond donors (Lipinski definition) is 1.